The predicted octanol–water partition coefficient (Wildman–Crippen LogP) is 2.29. The van der Waals surface area contributed by atoms with Crippen LogP contribution in [0.25, 0.3) is 0 Å². The molecule has 33 heavy (non-hydrogen) atoms. The fourth-order valence-corrected chi connectivity index (χ4v) is 4.11. The Morgan fingerprint density at radius 1 is 0.970 bits per heavy atom. The van der Waals surface area contributed by atoms with Gasteiger partial charge >= 0.3 is 18.1 Å². The molecule has 10 heteroatoms. The smallest absolute Gasteiger partial charge is 0.410 e. The van der Waals surface area contributed by atoms with Gasteiger partial charge in [0.25, 0.3) is 5.78 Å². The van der Waals surface area contributed by atoms with Gasteiger partial charge in [-0.3, -0.25) is 9.69 Å². The van der Waals surface area contributed by atoms with Crippen LogP contribution in [0.15, 0.2) is 0 Å². The first kappa shape index (κ1) is 26.9. The van der Waals surface area contributed by atoms with Gasteiger partial charge in [-0.2, -0.15) is 0 Å². The number of Topliss-reactive ketones (excluding diaryl/α,β-unsaturated/α-hetero) is 1. The van der Waals surface area contributed by atoms with Crippen LogP contribution in [0.1, 0.15) is 55.4 Å². The molecule has 2 aliphatic heterocycles. The Morgan fingerprint density at radius 3 is 2.06 bits per heavy atom. The van der Waals surface area contributed by atoms with E-state index in [1.54, 1.807) is 65.2 Å². The highest BCUT2D eigenvalue weighted by molar-refractivity contribution is 6.36. The molecule has 3 amide bonds. The fourth-order valence-electron chi connectivity index (χ4n) is 4.11. The maximum Gasteiger partial charge on any atom is 0.410 e. The van der Waals surface area contributed by atoms with Crippen molar-refractivity contribution in [3.05, 3.63) is 0 Å². The monoisotopic (exact) mass is 469 g/mol. The van der Waals surface area contributed by atoms with Crippen molar-refractivity contribution in [1.29, 1.82) is 0 Å². The second-order valence-electron chi connectivity index (χ2n) is 11.0. The maximum absolute atomic E-state index is 13.3. The third-order valence-corrected chi connectivity index (χ3v) is 5.42. The molecule has 0 aliphatic carbocycles. The molecule has 2 rings (SSSR count). The number of nitrogens with zero attached hydrogens (tertiary/aromatic N) is 3. The van der Waals surface area contributed by atoms with Gasteiger partial charge < -0.3 is 24.0 Å². The average molecular weight is 470 g/mol. The number of esters is 1. The summed E-state index contributed by atoms with van der Waals surface area (Å²) in [5.41, 5.74) is -1.45. The van der Waals surface area contributed by atoms with E-state index in [4.69, 9.17) is 14.2 Å². The number of likely N-dealkylation sites (N-methyl/N-ethyl adjacent to an activating group) is 1. The summed E-state index contributed by atoms with van der Waals surface area (Å²) < 4.78 is 16.6. The molecule has 0 aromatic rings. The lowest BCUT2D eigenvalue weighted by atomic mass is 9.98. The molecule has 0 N–H and O–H groups in total. The number of ketones is 1. The van der Waals surface area contributed by atoms with E-state index in [2.05, 4.69) is 0 Å². The average Bonchev–Trinajstić information content (AvgIpc) is 3.08. The number of hydrogen-bond donors (Lipinski definition) is 0. The first-order valence-electron chi connectivity index (χ1n) is 11.4. The quantitative estimate of drug-likeness (QED) is 0.459. The van der Waals surface area contributed by atoms with Crippen LogP contribution in [0, 0.1) is 5.92 Å². The Bertz CT molecular complexity index is 769. The van der Waals surface area contributed by atoms with Gasteiger partial charge in [-0.05, 0) is 47.5 Å². The normalized spacial score (nSPS) is 22.0. The van der Waals surface area contributed by atoms with Crippen LogP contribution in [0.4, 0.5) is 9.59 Å². The molecule has 10 nitrogen and oxygen atoms in total. The number of fused-ring (bicyclic) bond motifs is 1. The largest absolute Gasteiger partial charge is 0.454 e. The topological polar surface area (TPSA) is 106 Å². The molecule has 2 aliphatic rings. The standard InChI is InChI=1S/C23H39N3O7/c1-14(2)17(18(27)19(28)32-22(3,4)5)24(9)20(29)25-12-15-16(13-25)31-11-10-26(15)21(30)33-23(6,7)8/h14-17H,10-13H2,1-9H3/t15-,16+,17+/m1/s1. The molecular weight excluding hydrogens is 430 g/mol. The summed E-state index contributed by atoms with van der Waals surface area (Å²) in [4.78, 5) is 55.7. The zero-order chi connectivity index (χ0) is 25.3. The molecule has 0 unspecified atom stereocenters. The van der Waals surface area contributed by atoms with Crippen LogP contribution in [-0.2, 0) is 23.8 Å². The molecule has 3 atom stereocenters. The van der Waals surface area contributed by atoms with Gasteiger partial charge in [-0.25, -0.2) is 14.4 Å². The Morgan fingerprint density at radius 2 is 1.55 bits per heavy atom. The van der Waals surface area contributed by atoms with E-state index in [9.17, 15) is 19.2 Å². The predicted molar refractivity (Wildman–Crippen MR) is 121 cm³/mol. The highest BCUT2D eigenvalue weighted by atomic mass is 16.6. The summed E-state index contributed by atoms with van der Waals surface area (Å²) in [5, 5.41) is 0. The summed E-state index contributed by atoms with van der Waals surface area (Å²) in [6.07, 6.45) is -0.786. The van der Waals surface area contributed by atoms with Crippen molar-refractivity contribution in [3.8, 4) is 0 Å². The van der Waals surface area contributed by atoms with Crippen LogP contribution < -0.4 is 0 Å². The number of ether oxygens (including phenoxy) is 3. The number of likely N-dealkylation sites (tertiary alicyclic amines) is 1. The number of carbonyl (C=O) groups excluding carboxylic acids is 4. The molecule has 0 aromatic heterocycles. The zero-order valence-electron chi connectivity index (χ0n) is 21.3. The molecule has 0 aromatic carbocycles. The number of carbonyl (C=O) groups is 4. The van der Waals surface area contributed by atoms with Gasteiger partial charge in [0.05, 0.1) is 25.3 Å². The third-order valence-electron chi connectivity index (χ3n) is 5.42. The second-order valence-corrected chi connectivity index (χ2v) is 11.0. The minimum atomic E-state index is -0.974. The highest BCUT2D eigenvalue weighted by Gasteiger charge is 2.47. The van der Waals surface area contributed by atoms with Crippen LogP contribution >= 0.6 is 0 Å². The Hall–Kier alpha value is -2.36. The van der Waals surface area contributed by atoms with Crippen molar-refractivity contribution in [2.45, 2.75) is 84.8 Å². The molecule has 2 saturated heterocycles. The van der Waals surface area contributed by atoms with E-state index >= 15 is 0 Å². The number of hydrogen-bond acceptors (Lipinski definition) is 7. The van der Waals surface area contributed by atoms with E-state index in [0.717, 1.165) is 0 Å². The number of urea groups is 1. The molecule has 2 fully saturated rings. The third kappa shape index (κ3) is 6.82. The fraction of sp³-hybridized carbons (Fsp3) is 0.826. The van der Waals surface area contributed by atoms with Crippen molar-refractivity contribution in [3.63, 3.8) is 0 Å². The number of amides is 3. The van der Waals surface area contributed by atoms with E-state index in [-0.39, 0.29) is 31.2 Å². The Labute approximate surface area is 196 Å². The number of morpholine rings is 1. The summed E-state index contributed by atoms with van der Waals surface area (Å²) in [5.74, 6) is -2.03. The van der Waals surface area contributed by atoms with Gasteiger partial charge in [0.1, 0.15) is 17.2 Å². The van der Waals surface area contributed by atoms with E-state index in [0.29, 0.717) is 13.2 Å². The van der Waals surface area contributed by atoms with E-state index < -0.39 is 41.1 Å². The van der Waals surface area contributed by atoms with Crippen LogP contribution in [0.3, 0.4) is 0 Å². The van der Waals surface area contributed by atoms with Gasteiger partial charge in [-0.1, -0.05) is 13.8 Å². The van der Waals surface area contributed by atoms with E-state index in [1.807, 2.05) is 0 Å². The van der Waals surface area contributed by atoms with Crippen LogP contribution in [0.5, 0.6) is 0 Å². The first-order chi connectivity index (χ1) is 15.0. The molecule has 188 valence electrons. The van der Waals surface area contributed by atoms with Crippen LogP contribution in [-0.4, -0.2) is 101 Å². The van der Waals surface area contributed by atoms with Gasteiger partial charge in [0.15, 0.2) is 0 Å². The lowest BCUT2D eigenvalue weighted by molar-refractivity contribution is -0.164. The SMILES string of the molecule is CC(C)[C@@H](C(=O)C(=O)OC(C)(C)C)N(C)C(=O)N1C[C@@H]2OCCN(C(=O)OC(C)(C)C)[C@@H]2C1. The van der Waals surface area contributed by atoms with Gasteiger partial charge in [-0.15, -0.1) is 0 Å². The molecule has 0 spiro atoms. The molecule has 0 bridgehead atoms. The van der Waals surface area contributed by atoms with E-state index in [1.165, 1.54) is 11.9 Å². The summed E-state index contributed by atoms with van der Waals surface area (Å²) >= 11 is 0. The van der Waals surface area contributed by atoms with Crippen molar-refractivity contribution in [1.82, 2.24) is 14.7 Å². The summed E-state index contributed by atoms with van der Waals surface area (Å²) in [6.45, 7) is 15.2. The summed E-state index contributed by atoms with van der Waals surface area (Å²) in [6, 6.07) is -1.73. The van der Waals surface area contributed by atoms with Crippen molar-refractivity contribution in [2.75, 3.05) is 33.3 Å². The van der Waals surface area contributed by atoms with Crippen molar-refractivity contribution < 1.29 is 33.4 Å². The summed E-state index contributed by atoms with van der Waals surface area (Å²) in [7, 11) is 1.50. The van der Waals surface area contributed by atoms with Crippen molar-refractivity contribution >= 4 is 23.9 Å². The Balaban J connectivity index is 2.13. The van der Waals surface area contributed by atoms with Crippen LogP contribution in [0.2, 0.25) is 0 Å². The van der Waals surface area contributed by atoms with Gasteiger partial charge in [0.2, 0.25) is 0 Å². The highest BCUT2D eigenvalue weighted by Crippen LogP contribution is 2.26. The lowest BCUT2D eigenvalue weighted by Gasteiger charge is -2.37. The molecule has 2 heterocycles. The minimum Gasteiger partial charge on any atom is -0.454 e. The second kappa shape index (κ2) is 9.87. The van der Waals surface area contributed by atoms with Gasteiger partial charge in [0, 0.05) is 20.1 Å². The molecule has 0 radical (unpaired) electrons. The van der Waals surface area contributed by atoms with Crippen molar-refractivity contribution in [2.24, 2.45) is 5.92 Å². The number of rotatable bonds is 4. The minimum absolute atomic E-state index is 0.249. The molecule has 0 saturated carbocycles. The lowest BCUT2D eigenvalue weighted by Crippen LogP contribution is -2.55. The zero-order valence-corrected chi connectivity index (χ0v) is 21.3. The first-order valence-corrected chi connectivity index (χ1v) is 11.4. The Kier molecular flexibility index (Phi) is 8.04. The maximum atomic E-state index is 13.3. The molecular formula is C23H39N3O7.